The van der Waals surface area contributed by atoms with E-state index in [9.17, 15) is 10.1 Å². The highest BCUT2D eigenvalue weighted by Crippen LogP contribution is 2.31. The molecule has 0 spiro atoms. The molecule has 0 unspecified atom stereocenters. The lowest BCUT2D eigenvalue weighted by Crippen LogP contribution is -2.14. The SMILES string of the molecule is CCN(C)C=Nc1cc(C)c(Cc2ccccc2[N+](=O)[O-])cc1Cl. The number of para-hydroxylation sites is 1. The molecule has 0 aliphatic carbocycles. The molecule has 2 rings (SSSR count). The molecule has 0 aliphatic rings. The minimum absolute atomic E-state index is 0.125. The highest BCUT2D eigenvalue weighted by atomic mass is 35.5. The normalized spacial score (nSPS) is 11.0. The first-order chi connectivity index (χ1) is 11.4. The van der Waals surface area contributed by atoms with Crippen molar-refractivity contribution in [3.63, 3.8) is 0 Å². The molecule has 0 aliphatic heterocycles. The van der Waals surface area contributed by atoms with E-state index in [0.717, 1.165) is 17.7 Å². The molecular weight excluding hydrogens is 326 g/mol. The fraction of sp³-hybridized carbons (Fsp3) is 0.278. The Morgan fingerprint density at radius 3 is 2.67 bits per heavy atom. The van der Waals surface area contributed by atoms with Crippen LogP contribution in [0.25, 0.3) is 0 Å². The van der Waals surface area contributed by atoms with E-state index in [-0.39, 0.29) is 10.6 Å². The molecule has 0 aromatic heterocycles. The van der Waals surface area contributed by atoms with E-state index in [1.54, 1.807) is 24.5 Å². The number of nitro benzene ring substituents is 1. The summed E-state index contributed by atoms with van der Waals surface area (Å²) in [7, 11) is 1.94. The van der Waals surface area contributed by atoms with Gasteiger partial charge in [-0.1, -0.05) is 29.8 Å². The molecule has 0 saturated heterocycles. The summed E-state index contributed by atoms with van der Waals surface area (Å²) in [6.07, 6.45) is 2.20. The number of benzene rings is 2. The van der Waals surface area contributed by atoms with E-state index in [1.165, 1.54) is 6.07 Å². The summed E-state index contributed by atoms with van der Waals surface area (Å²) in [4.78, 5) is 17.1. The second-order valence-corrected chi connectivity index (χ2v) is 6.02. The van der Waals surface area contributed by atoms with Crippen LogP contribution in [0, 0.1) is 17.0 Å². The van der Waals surface area contributed by atoms with Crippen LogP contribution < -0.4 is 0 Å². The first-order valence-corrected chi connectivity index (χ1v) is 8.06. The minimum Gasteiger partial charge on any atom is -0.366 e. The topological polar surface area (TPSA) is 58.7 Å². The summed E-state index contributed by atoms with van der Waals surface area (Å²) < 4.78 is 0. The third-order valence-corrected chi connectivity index (χ3v) is 4.17. The fourth-order valence-corrected chi connectivity index (χ4v) is 2.52. The summed E-state index contributed by atoms with van der Waals surface area (Å²) in [6, 6.07) is 10.5. The number of nitro groups is 1. The smallest absolute Gasteiger partial charge is 0.272 e. The van der Waals surface area contributed by atoms with Crippen LogP contribution in [0.15, 0.2) is 41.4 Å². The van der Waals surface area contributed by atoms with Crippen molar-refractivity contribution in [3.8, 4) is 0 Å². The van der Waals surface area contributed by atoms with E-state index in [1.807, 2.05) is 37.9 Å². The van der Waals surface area contributed by atoms with Crippen molar-refractivity contribution in [3.05, 3.63) is 68.2 Å². The number of nitrogens with zero attached hydrogens (tertiary/aromatic N) is 3. The van der Waals surface area contributed by atoms with Crippen LogP contribution in [0.5, 0.6) is 0 Å². The Hall–Kier alpha value is -2.40. The maximum Gasteiger partial charge on any atom is 0.272 e. The van der Waals surface area contributed by atoms with Crippen LogP contribution in [0.2, 0.25) is 5.02 Å². The zero-order valence-corrected chi connectivity index (χ0v) is 14.7. The lowest BCUT2D eigenvalue weighted by atomic mass is 9.99. The van der Waals surface area contributed by atoms with Gasteiger partial charge in [-0.05, 0) is 37.1 Å². The van der Waals surface area contributed by atoms with Crippen LogP contribution >= 0.6 is 11.6 Å². The molecule has 6 heteroatoms. The fourth-order valence-electron chi connectivity index (χ4n) is 2.28. The highest BCUT2D eigenvalue weighted by Gasteiger charge is 2.14. The average Bonchev–Trinajstić information content (AvgIpc) is 2.56. The van der Waals surface area contributed by atoms with Crippen molar-refractivity contribution < 1.29 is 4.92 Å². The monoisotopic (exact) mass is 345 g/mol. The molecule has 0 fully saturated rings. The van der Waals surface area contributed by atoms with Crippen molar-refractivity contribution in [2.75, 3.05) is 13.6 Å². The first kappa shape index (κ1) is 17.9. The van der Waals surface area contributed by atoms with Gasteiger partial charge in [0, 0.05) is 31.6 Å². The summed E-state index contributed by atoms with van der Waals surface area (Å²) in [5.74, 6) is 0. The van der Waals surface area contributed by atoms with E-state index >= 15 is 0 Å². The van der Waals surface area contributed by atoms with Crippen molar-refractivity contribution >= 4 is 29.3 Å². The van der Waals surface area contributed by atoms with Crippen LogP contribution in [-0.4, -0.2) is 29.8 Å². The van der Waals surface area contributed by atoms with Crippen LogP contribution in [0.3, 0.4) is 0 Å². The van der Waals surface area contributed by atoms with Gasteiger partial charge in [-0.2, -0.15) is 0 Å². The lowest BCUT2D eigenvalue weighted by molar-refractivity contribution is -0.385. The molecule has 126 valence electrons. The van der Waals surface area contributed by atoms with Gasteiger partial charge in [0.15, 0.2) is 0 Å². The standard InChI is InChI=1S/C18H20ClN3O2/c1-4-21(3)12-20-17-9-13(2)15(11-16(17)19)10-14-7-5-6-8-18(14)22(23)24/h5-9,11-12H,4,10H2,1-3H3. The maximum atomic E-state index is 11.2. The second kappa shape index (κ2) is 7.93. The number of rotatable bonds is 6. The molecule has 0 N–H and O–H groups in total. The van der Waals surface area contributed by atoms with Gasteiger partial charge in [0.1, 0.15) is 0 Å². The minimum atomic E-state index is -0.356. The third kappa shape index (κ3) is 4.32. The van der Waals surface area contributed by atoms with Gasteiger partial charge in [0.25, 0.3) is 5.69 Å². The van der Waals surface area contributed by atoms with Crippen molar-refractivity contribution in [2.24, 2.45) is 4.99 Å². The maximum absolute atomic E-state index is 11.2. The highest BCUT2D eigenvalue weighted by molar-refractivity contribution is 6.33. The van der Waals surface area contributed by atoms with Gasteiger partial charge < -0.3 is 4.90 Å². The van der Waals surface area contributed by atoms with Gasteiger partial charge >= 0.3 is 0 Å². The first-order valence-electron chi connectivity index (χ1n) is 7.68. The average molecular weight is 346 g/mol. The van der Waals surface area contributed by atoms with Crippen molar-refractivity contribution in [2.45, 2.75) is 20.3 Å². The number of aryl methyl sites for hydroxylation is 1. The Bertz CT molecular complexity index is 775. The van der Waals surface area contributed by atoms with Gasteiger partial charge in [0.05, 0.1) is 22.0 Å². The summed E-state index contributed by atoms with van der Waals surface area (Å²) in [6.45, 7) is 4.85. The van der Waals surface area contributed by atoms with Gasteiger partial charge in [-0.15, -0.1) is 0 Å². The van der Waals surface area contributed by atoms with Crippen LogP contribution in [0.1, 0.15) is 23.6 Å². The molecule has 0 atom stereocenters. The molecule has 0 heterocycles. The summed E-state index contributed by atoms with van der Waals surface area (Å²) >= 11 is 6.33. The van der Waals surface area contributed by atoms with E-state index in [0.29, 0.717) is 22.7 Å². The second-order valence-electron chi connectivity index (χ2n) is 5.61. The number of hydrogen-bond acceptors (Lipinski definition) is 3. The van der Waals surface area contributed by atoms with Gasteiger partial charge in [-0.3, -0.25) is 10.1 Å². The molecule has 2 aromatic rings. The summed E-state index contributed by atoms with van der Waals surface area (Å²) in [5, 5.41) is 11.7. The molecule has 2 aromatic carbocycles. The Balaban J connectivity index is 2.32. The summed E-state index contributed by atoms with van der Waals surface area (Å²) in [5.41, 5.74) is 3.45. The molecule has 5 nitrogen and oxygen atoms in total. The zero-order valence-electron chi connectivity index (χ0n) is 14.0. The Morgan fingerprint density at radius 1 is 1.29 bits per heavy atom. The molecule has 0 amide bonds. The number of halogens is 1. The molecule has 24 heavy (non-hydrogen) atoms. The van der Waals surface area contributed by atoms with Gasteiger partial charge in [-0.25, -0.2) is 4.99 Å². The van der Waals surface area contributed by atoms with Gasteiger partial charge in [0.2, 0.25) is 0 Å². The Morgan fingerprint density at radius 2 is 2.00 bits per heavy atom. The Labute approximate surface area is 146 Å². The largest absolute Gasteiger partial charge is 0.366 e. The number of aliphatic imine (C=N–C) groups is 1. The lowest BCUT2D eigenvalue weighted by Gasteiger charge is -2.11. The predicted molar refractivity (Wildman–Crippen MR) is 98.5 cm³/mol. The van der Waals surface area contributed by atoms with E-state index < -0.39 is 0 Å². The van der Waals surface area contributed by atoms with Crippen LogP contribution in [0.4, 0.5) is 11.4 Å². The van der Waals surface area contributed by atoms with Crippen molar-refractivity contribution in [1.29, 1.82) is 0 Å². The molecule has 0 radical (unpaired) electrons. The molecule has 0 bridgehead atoms. The number of hydrogen-bond donors (Lipinski definition) is 0. The quantitative estimate of drug-likeness (QED) is 0.328. The molecular formula is C18H20ClN3O2. The Kier molecular flexibility index (Phi) is 5.93. The van der Waals surface area contributed by atoms with Crippen LogP contribution in [-0.2, 0) is 6.42 Å². The van der Waals surface area contributed by atoms with E-state index in [4.69, 9.17) is 11.6 Å². The third-order valence-electron chi connectivity index (χ3n) is 3.87. The molecule has 0 saturated carbocycles. The van der Waals surface area contributed by atoms with Crippen molar-refractivity contribution in [1.82, 2.24) is 4.90 Å². The predicted octanol–water partition coefficient (Wildman–Crippen LogP) is 4.76. The zero-order chi connectivity index (χ0) is 17.7. The van der Waals surface area contributed by atoms with E-state index in [2.05, 4.69) is 4.99 Å².